The summed E-state index contributed by atoms with van der Waals surface area (Å²) in [6, 6.07) is 0. The Labute approximate surface area is 75.5 Å². The largest absolute Gasteiger partial charge is 0.374 e. The van der Waals surface area contributed by atoms with Crippen LogP contribution in [0.15, 0.2) is 0 Å². The van der Waals surface area contributed by atoms with E-state index in [0.717, 1.165) is 17.8 Å². The molecule has 0 spiro atoms. The Morgan fingerprint density at radius 1 is 1.17 bits per heavy atom. The molecule has 1 heterocycles. The van der Waals surface area contributed by atoms with Gasteiger partial charge in [0, 0.05) is 5.92 Å². The molecule has 0 radical (unpaired) electrons. The second kappa shape index (κ2) is 3.02. The van der Waals surface area contributed by atoms with Gasteiger partial charge in [-0.25, -0.2) is 0 Å². The Bertz CT molecular complexity index is 162. The maximum atomic E-state index is 5.89. The van der Waals surface area contributed by atoms with Crippen LogP contribution in [0.4, 0.5) is 0 Å². The van der Waals surface area contributed by atoms with E-state index in [9.17, 15) is 0 Å². The second-order valence-corrected chi connectivity index (χ2v) is 4.84. The van der Waals surface area contributed by atoms with Crippen LogP contribution >= 0.6 is 0 Å². The summed E-state index contributed by atoms with van der Waals surface area (Å²) in [7, 11) is 0. The summed E-state index contributed by atoms with van der Waals surface area (Å²) < 4.78 is 5.89. The summed E-state index contributed by atoms with van der Waals surface area (Å²) in [5, 5.41) is 0. The lowest BCUT2D eigenvalue weighted by atomic mass is 9.79. The van der Waals surface area contributed by atoms with Crippen molar-refractivity contribution in [3.63, 3.8) is 0 Å². The Hall–Kier alpha value is -0.0400. The second-order valence-electron chi connectivity index (χ2n) is 4.84. The number of hydrogen-bond acceptors (Lipinski definition) is 1. The van der Waals surface area contributed by atoms with Crippen molar-refractivity contribution in [1.29, 1.82) is 0 Å². The molecule has 0 aromatic carbocycles. The molecular formula is C11H20O. The van der Waals surface area contributed by atoms with Gasteiger partial charge in [-0.1, -0.05) is 27.2 Å². The molecule has 0 bridgehead atoms. The van der Waals surface area contributed by atoms with Crippen molar-refractivity contribution in [2.45, 2.75) is 52.2 Å². The Morgan fingerprint density at radius 3 is 2.50 bits per heavy atom. The zero-order valence-electron chi connectivity index (χ0n) is 8.42. The molecule has 0 N–H and O–H groups in total. The number of fused-ring (bicyclic) bond motifs is 1. The summed E-state index contributed by atoms with van der Waals surface area (Å²) in [5.74, 6) is 2.45. The molecule has 70 valence electrons. The van der Waals surface area contributed by atoms with E-state index in [4.69, 9.17) is 4.74 Å². The molecule has 4 unspecified atom stereocenters. The Kier molecular flexibility index (Phi) is 2.16. The van der Waals surface area contributed by atoms with Gasteiger partial charge in [0.15, 0.2) is 0 Å². The molecule has 0 aromatic rings. The van der Waals surface area contributed by atoms with Crippen molar-refractivity contribution in [2.24, 2.45) is 17.8 Å². The summed E-state index contributed by atoms with van der Waals surface area (Å²) in [6.07, 6.45) is 5.39. The third-order valence-corrected chi connectivity index (χ3v) is 3.83. The average Bonchev–Trinajstić information content (AvgIpc) is 2.32. The highest BCUT2D eigenvalue weighted by Gasteiger charge is 2.47. The highest BCUT2D eigenvalue weighted by molar-refractivity contribution is 4.95. The predicted octanol–water partition coefficient (Wildman–Crippen LogP) is 2.85. The first-order valence-corrected chi connectivity index (χ1v) is 5.35. The van der Waals surface area contributed by atoms with E-state index in [2.05, 4.69) is 20.8 Å². The van der Waals surface area contributed by atoms with E-state index in [1.807, 2.05) is 0 Å². The lowest BCUT2D eigenvalue weighted by Crippen LogP contribution is -2.50. The van der Waals surface area contributed by atoms with Gasteiger partial charge in [0.2, 0.25) is 0 Å². The van der Waals surface area contributed by atoms with Gasteiger partial charge in [-0.15, -0.1) is 0 Å². The third-order valence-electron chi connectivity index (χ3n) is 3.83. The quantitative estimate of drug-likeness (QED) is 0.616. The van der Waals surface area contributed by atoms with Crippen molar-refractivity contribution >= 4 is 0 Å². The SMILES string of the molecule is CC(C)C(C)C1OC2CCCC21. The fourth-order valence-corrected chi connectivity index (χ4v) is 2.61. The molecule has 1 aliphatic heterocycles. The average molecular weight is 168 g/mol. The van der Waals surface area contributed by atoms with Crippen molar-refractivity contribution in [3.05, 3.63) is 0 Å². The molecule has 1 heteroatoms. The topological polar surface area (TPSA) is 9.23 Å². The van der Waals surface area contributed by atoms with Gasteiger partial charge in [0.05, 0.1) is 12.2 Å². The maximum absolute atomic E-state index is 5.89. The standard InChI is InChI=1S/C11H20O/c1-7(2)8(3)11-9-5-4-6-10(9)12-11/h7-11H,4-6H2,1-3H3. The molecular weight excluding hydrogens is 148 g/mol. The Balaban J connectivity index is 1.91. The molecule has 1 saturated heterocycles. The predicted molar refractivity (Wildman–Crippen MR) is 50.0 cm³/mol. The van der Waals surface area contributed by atoms with Crippen LogP contribution in [-0.2, 0) is 4.74 Å². The van der Waals surface area contributed by atoms with Gasteiger partial charge >= 0.3 is 0 Å². The van der Waals surface area contributed by atoms with E-state index in [1.54, 1.807) is 0 Å². The molecule has 1 saturated carbocycles. The number of rotatable bonds is 2. The van der Waals surface area contributed by atoms with E-state index >= 15 is 0 Å². The first-order valence-electron chi connectivity index (χ1n) is 5.35. The van der Waals surface area contributed by atoms with Crippen LogP contribution in [0.1, 0.15) is 40.0 Å². The van der Waals surface area contributed by atoms with E-state index in [-0.39, 0.29) is 0 Å². The number of ether oxygens (including phenoxy) is 1. The molecule has 0 aromatic heterocycles. The molecule has 1 nitrogen and oxygen atoms in total. The molecule has 2 fully saturated rings. The van der Waals surface area contributed by atoms with Crippen LogP contribution in [0.5, 0.6) is 0 Å². The van der Waals surface area contributed by atoms with Crippen molar-refractivity contribution in [3.8, 4) is 0 Å². The first kappa shape index (κ1) is 8.55. The monoisotopic (exact) mass is 168 g/mol. The van der Waals surface area contributed by atoms with E-state index in [1.165, 1.54) is 19.3 Å². The van der Waals surface area contributed by atoms with Crippen molar-refractivity contribution in [1.82, 2.24) is 0 Å². The molecule has 4 atom stereocenters. The van der Waals surface area contributed by atoms with Gasteiger partial charge in [-0.2, -0.15) is 0 Å². The van der Waals surface area contributed by atoms with Crippen LogP contribution in [0.25, 0.3) is 0 Å². The summed E-state index contributed by atoms with van der Waals surface area (Å²) in [6.45, 7) is 6.94. The lowest BCUT2D eigenvalue weighted by molar-refractivity contribution is -0.194. The van der Waals surface area contributed by atoms with Crippen LogP contribution in [0.3, 0.4) is 0 Å². The normalized spacial score (nSPS) is 42.5. The number of hydrogen-bond donors (Lipinski definition) is 0. The van der Waals surface area contributed by atoms with Crippen molar-refractivity contribution in [2.75, 3.05) is 0 Å². The molecule has 12 heavy (non-hydrogen) atoms. The fraction of sp³-hybridized carbons (Fsp3) is 1.00. The van der Waals surface area contributed by atoms with Gasteiger partial charge in [0.1, 0.15) is 0 Å². The zero-order chi connectivity index (χ0) is 8.72. The molecule has 1 aliphatic carbocycles. The molecule has 2 rings (SSSR count). The van der Waals surface area contributed by atoms with Crippen LogP contribution in [-0.4, -0.2) is 12.2 Å². The van der Waals surface area contributed by atoms with Crippen LogP contribution < -0.4 is 0 Å². The fourth-order valence-electron chi connectivity index (χ4n) is 2.61. The molecule has 2 aliphatic rings. The zero-order valence-corrected chi connectivity index (χ0v) is 8.42. The summed E-state index contributed by atoms with van der Waals surface area (Å²) in [5.41, 5.74) is 0. The van der Waals surface area contributed by atoms with Crippen molar-refractivity contribution < 1.29 is 4.74 Å². The van der Waals surface area contributed by atoms with Gasteiger partial charge in [-0.05, 0) is 24.7 Å². The maximum Gasteiger partial charge on any atom is 0.0659 e. The smallest absolute Gasteiger partial charge is 0.0659 e. The first-order chi connectivity index (χ1) is 5.70. The minimum atomic E-state index is 0.595. The van der Waals surface area contributed by atoms with Crippen LogP contribution in [0, 0.1) is 17.8 Å². The highest BCUT2D eigenvalue weighted by Crippen LogP contribution is 2.45. The minimum absolute atomic E-state index is 0.595. The minimum Gasteiger partial charge on any atom is -0.374 e. The Morgan fingerprint density at radius 2 is 1.92 bits per heavy atom. The van der Waals surface area contributed by atoms with Gasteiger partial charge in [0.25, 0.3) is 0 Å². The van der Waals surface area contributed by atoms with Gasteiger partial charge < -0.3 is 4.74 Å². The lowest BCUT2D eigenvalue weighted by Gasteiger charge is -2.45. The third kappa shape index (κ3) is 1.19. The summed E-state index contributed by atoms with van der Waals surface area (Å²) >= 11 is 0. The van der Waals surface area contributed by atoms with E-state index < -0.39 is 0 Å². The van der Waals surface area contributed by atoms with Crippen LogP contribution in [0.2, 0.25) is 0 Å². The van der Waals surface area contributed by atoms with E-state index in [0.29, 0.717) is 12.2 Å². The summed E-state index contributed by atoms with van der Waals surface area (Å²) in [4.78, 5) is 0. The molecule has 0 amide bonds. The highest BCUT2D eigenvalue weighted by atomic mass is 16.5. The van der Waals surface area contributed by atoms with Gasteiger partial charge in [-0.3, -0.25) is 0 Å².